The van der Waals surface area contributed by atoms with Crippen LogP contribution in [0.25, 0.3) is 0 Å². The van der Waals surface area contributed by atoms with Crippen LogP contribution in [-0.4, -0.2) is 38.2 Å². The minimum Gasteiger partial charge on any atom is -0.508 e. The Balaban J connectivity index is 1.59. The molecule has 38 heavy (non-hydrogen) atoms. The number of nitrogens with one attached hydrogen (secondary N) is 2. The maximum atomic E-state index is 13.7. The van der Waals surface area contributed by atoms with Gasteiger partial charge in [-0.3, -0.25) is 9.59 Å². The Morgan fingerprint density at radius 2 is 1.21 bits per heavy atom. The summed E-state index contributed by atoms with van der Waals surface area (Å²) in [5.41, 5.74) is 8.38. The summed E-state index contributed by atoms with van der Waals surface area (Å²) in [6.45, 7) is 0.199. The van der Waals surface area contributed by atoms with Crippen LogP contribution < -0.4 is 16.4 Å². The molecule has 4 rings (SSSR count). The van der Waals surface area contributed by atoms with Gasteiger partial charge in [-0.05, 0) is 64.7 Å². The van der Waals surface area contributed by atoms with Crippen LogP contribution in [0.2, 0.25) is 0 Å². The summed E-state index contributed by atoms with van der Waals surface area (Å²) in [5, 5.41) is 34.7. The number of nitrogen functional groups attached to an aromatic ring is 1. The van der Waals surface area contributed by atoms with Crippen LogP contribution >= 0.6 is 0 Å². The molecule has 0 saturated heterocycles. The van der Waals surface area contributed by atoms with Gasteiger partial charge in [-0.2, -0.15) is 0 Å². The van der Waals surface area contributed by atoms with Gasteiger partial charge in [-0.15, -0.1) is 0 Å². The van der Waals surface area contributed by atoms with Crippen molar-refractivity contribution in [3.05, 3.63) is 113 Å². The molecule has 7 N–H and O–H groups in total. The van der Waals surface area contributed by atoms with Crippen LogP contribution in [0.3, 0.4) is 0 Å². The Bertz CT molecular complexity index is 1330. The molecule has 1 unspecified atom stereocenters. The van der Waals surface area contributed by atoms with Gasteiger partial charge < -0.3 is 31.7 Å². The quantitative estimate of drug-likeness (QED) is 0.201. The van der Waals surface area contributed by atoms with E-state index in [1.807, 2.05) is 0 Å². The monoisotopic (exact) mass is 512 g/mol. The van der Waals surface area contributed by atoms with Crippen molar-refractivity contribution in [1.29, 1.82) is 0 Å². The molecule has 0 bridgehead atoms. The average molecular weight is 513 g/mol. The Labute approximate surface area is 219 Å². The van der Waals surface area contributed by atoms with Crippen molar-refractivity contribution in [3.8, 4) is 17.2 Å². The first kappa shape index (κ1) is 26.0. The number of phenolic OH excluding ortho intramolecular Hbond substituents is 3. The van der Waals surface area contributed by atoms with Gasteiger partial charge in [0.1, 0.15) is 29.1 Å². The lowest BCUT2D eigenvalue weighted by atomic mass is 9.89. The smallest absolute Gasteiger partial charge is 0.243 e. The third-order valence-corrected chi connectivity index (χ3v) is 6.04. The fraction of sp³-hybridized carbons (Fsp3) is 0.138. The Hall–Kier alpha value is -5.05. The molecule has 0 aliphatic rings. The highest BCUT2D eigenvalue weighted by atomic mass is 16.3. The molecule has 1 atom stereocenters. The molecular formula is C29H28N4O5. The molecule has 3 aromatic carbocycles. The molecule has 0 fully saturated rings. The largest absolute Gasteiger partial charge is 0.508 e. The zero-order chi connectivity index (χ0) is 27.1. The summed E-state index contributed by atoms with van der Waals surface area (Å²) in [5.74, 6) is -1.08. The van der Waals surface area contributed by atoms with E-state index in [1.165, 1.54) is 36.4 Å². The van der Waals surface area contributed by atoms with Crippen LogP contribution in [0, 0.1) is 0 Å². The van der Waals surface area contributed by atoms with Crippen molar-refractivity contribution in [1.82, 2.24) is 15.6 Å². The van der Waals surface area contributed by atoms with Crippen molar-refractivity contribution in [2.45, 2.75) is 24.9 Å². The first-order chi connectivity index (χ1) is 18.3. The molecule has 0 saturated carbocycles. The number of phenols is 3. The zero-order valence-electron chi connectivity index (χ0n) is 20.4. The average Bonchev–Trinajstić information content (AvgIpc) is 2.91. The fourth-order valence-electron chi connectivity index (χ4n) is 4.01. The Morgan fingerprint density at radius 3 is 1.71 bits per heavy atom. The number of anilines is 1. The molecule has 9 nitrogen and oxygen atoms in total. The molecule has 0 radical (unpaired) electrons. The highest BCUT2D eigenvalue weighted by Gasteiger charge is 2.28. The number of aromatic nitrogens is 1. The molecule has 0 aliphatic heterocycles. The topological polar surface area (TPSA) is 158 Å². The van der Waals surface area contributed by atoms with Crippen LogP contribution in [-0.2, 0) is 22.6 Å². The summed E-state index contributed by atoms with van der Waals surface area (Å²) >= 11 is 0. The van der Waals surface area contributed by atoms with E-state index in [0.29, 0.717) is 22.5 Å². The molecular weight excluding hydrogens is 484 g/mol. The van der Waals surface area contributed by atoms with Crippen LogP contribution in [0.5, 0.6) is 17.2 Å². The summed E-state index contributed by atoms with van der Waals surface area (Å²) < 4.78 is 0. The van der Waals surface area contributed by atoms with E-state index < -0.39 is 23.8 Å². The van der Waals surface area contributed by atoms with Crippen LogP contribution in [0.15, 0.2) is 91.1 Å². The third kappa shape index (κ3) is 6.79. The maximum absolute atomic E-state index is 13.7. The second kappa shape index (κ2) is 11.8. The number of carbonyl (C=O) groups is 2. The van der Waals surface area contributed by atoms with Gasteiger partial charge in [-0.25, -0.2) is 4.98 Å². The number of amides is 2. The molecule has 2 amide bonds. The van der Waals surface area contributed by atoms with Gasteiger partial charge in [0.25, 0.3) is 0 Å². The second-order valence-corrected chi connectivity index (χ2v) is 8.86. The zero-order valence-corrected chi connectivity index (χ0v) is 20.4. The summed E-state index contributed by atoms with van der Waals surface area (Å²) in [7, 11) is 0. The number of hydrogen-bond donors (Lipinski definition) is 6. The molecule has 0 aliphatic carbocycles. The van der Waals surface area contributed by atoms with Gasteiger partial charge in [-0.1, -0.05) is 42.5 Å². The SMILES string of the molecule is Nc1ccc(CC(NC(=O)C(c2ccc(O)cc2)c2ccc(O)cc2)C(=O)NCc2ccc(O)cc2)cn1. The van der Waals surface area contributed by atoms with Crippen molar-refractivity contribution >= 4 is 17.6 Å². The number of benzene rings is 3. The second-order valence-electron chi connectivity index (χ2n) is 8.86. The van der Waals surface area contributed by atoms with Crippen molar-refractivity contribution in [3.63, 3.8) is 0 Å². The Kier molecular flexibility index (Phi) is 8.07. The molecule has 1 heterocycles. The number of nitrogens with two attached hydrogens (primary N) is 1. The van der Waals surface area contributed by atoms with Crippen molar-refractivity contribution < 1.29 is 24.9 Å². The van der Waals surface area contributed by atoms with Crippen molar-refractivity contribution in [2.24, 2.45) is 0 Å². The molecule has 0 spiro atoms. The van der Waals surface area contributed by atoms with E-state index in [0.717, 1.165) is 5.56 Å². The number of rotatable bonds is 9. The molecule has 194 valence electrons. The number of pyridine rings is 1. The van der Waals surface area contributed by atoms with Gasteiger partial charge in [0, 0.05) is 19.2 Å². The van der Waals surface area contributed by atoms with Gasteiger partial charge in [0.05, 0.1) is 5.92 Å². The van der Waals surface area contributed by atoms with Crippen LogP contribution in [0.4, 0.5) is 5.82 Å². The molecule has 1 aromatic heterocycles. The predicted molar refractivity (Wildman–Crippen MR) is 142 cm³/mol. The van der Waals surface area contributed by atoms with E-state index in [9.17, 15) is 24.9 Å². The summed E-state index contributed by atoms with van der Waals surface area (Å²) in [4.78, 5) is 31.1. The minimum absolute atomic E-state index is 0.0564. The van der Waals surface area contributed by atoms with Gasteiger partial charge in [0.2, 0.25) is 11.8 Å². The number of nitrogens with zero attached hydrogens (tertiary/aromatic N) is 1. The van der Waals surface area contributed by atoms with Gasteiger partial charge in [0.15, 0.2) is 0 Å². The summed E-state index contributed by atoms with van der Waals surface area (Å²) in [6.07, 6.45) is 1.72. The highest BCUT2D eigenvalue weighted by Crippen LogP contribution is 2.28. The number of carbonyl (C=O) groups excluding carboxylic acids is 2. The Morgan fingerprint density at radius 1 is 0.711 bits per heavy atom. The van der Waals surface area contributed by atoms with E-state index in [1.54, 1.807) is 54.7 Å². The lowest BCUT2D eigenvalue weighted by Crippen LogP contribution is -2.49. The lowest BCUT2D eigenvalue weighted by molar-refractivity contribution is -0.129. The molecule has 9 heteroatoms. The fourth-order valence-corrected chi connectivity index (χ4v) is 4.01. The van der Waals surface area contributed by atoms with E-state index in [4.69, 9.17) is 5.73 Å². The van der Waals surface area contributed by atoms with E-state index >= 15 is 0 Å². The van der Waals surface area contributed by atoms with E-state index in [-0.39, 0.29) is 30.2 Å². The molecule has 4 aromatic rings. The summed E-state index contributed by atoms with van der Waals surface area (Å²) in [6, 6.07) is 21.3. The van der Waals surface area contributed by atoms with E-state index in [2.05, 4.69) is 15.6 Å². The number of aromatic hydroxyl groups is 3. The highest BCUT2D eigenvalue weighted by molar-refractivity contribution is 5.92. The standard InChI is InChI=1S/C29H28N4O5/c30-26-14-3-19(17-31-26)15-25(28(37)32-16-18-1-8-22(34)9-2-18)33-29(38)27(20-4-10-23(35)11-5-20)21-6-12-24(36)13-7-21/h1-14,17,25,27,34-36H,15-16H2,(H2,30,31)(H,32,37)(H,33,38). The van der Waals surface area contributed by atoms with Gasteiger partial charge >= 0.3 is 0 Å². The third-order valence-electron chi connectivity index (χ3n) is 6.04. The number of hydrogen-bond acceptors (Lipinski definition) is 7. The first-order valence-corrected chi connectivity index (χ1v) is 11.9. The predicted octanol–water partition coefficient (Wildman–Crippen LogP) is 2.96. The minimum atomic E-state index is -0.943. The maximum Gasteiger partial charge on any atom is 0.243 e. The normalized spacial score (nSPS) is 11.6. The van der Waals surface area contributed by atoms with Crippen molar-refractivity contribution in [2.75, 3.05) is 5.73 Å². The lowest BCUT2D eigenvalue weighted by Gasteiger charge is -2.23. The first-order valence-electron chi connectivity index (χ1n) is 11.9. The van der Waals surface area contributed by atoms with Crippen LogP contribution in [0.1, 0.15) is 28.2 Å².